The van der Waals surface area contributed by atoms with Crippen LogP contribution in [0, 0.1) is 6.92 Å². The zero-order valence-corrected chi connectivity index (χ0v) is 9.12. The first kappa shape index (κ1) is 9.59. The minimum atomic E-state index is 0.603. The molecule has 2 heterocycles. The average molecular weight is 191 g/mol. The third-order valence-electron chi connectivity index (χ3n) is 2.77. The van der Waals surface area contributed by atoms with Crippen molar-refractivity contribution in [2.75, 3.05) is 6.54 Å². The Bertz CT molecular complexity index is 333. The summed E-state index contributed by atoms with van der Waals surface area (Å²) < 4.78 is 0. The molecule has 3 heteroatoms. The molecule has 76 valence electrons. The maximum absolute atomic E-state index is 4.52. The average Bonchev–Trinajstić information content (AvgIpc) is 2.16. The van der Waals surface area contributed by atoms with Gasteiger partial charge >= 0.3 is 0 Å². The highest BCUT2D eigenvalue weighted by Gasteiger charge is 2.19. The van der Waals surface area contributed by atoms with Gasteiger partial charge < -0.3 is 0 Å². The maximum atomic E-state index is 4.52. The lowest BCUT2D eigenvalue weighted by Gasteiger charge is -2.30. The van der Waals surface area contributed by atoms with E-state index in [1.165, 1.54) is 5.69 Å². The van der Waals surface area contributed by atoms with E-state index in [0.29, 0.717) is 6.04 Å². The van der Waals surface area contributed by atoms with Crippen LogP contribution in [0.5, 0.6) is 0 Å². The van der Waals surface area contributed by atoms with Crippen LogP contribution in [0.25, 0.3) is 0 Å². The molecule has 0 aromatic carbocycles. The molecule has 0 saturated heterocycles. The number of hydrogen-bond donors (Lipinski definition) is 0. The van der Waals surface area contributed by atoms with Gasteiger partial charge in [0.25, 0.3) is 0 Å². The zero-order chi connectivity index (χ0) is 10.1. The molecule has 0 spiro atoms. The number of hydrogen-bond acceptors (Lipinski definition) is 3. The Morgan fingerprint density at radius 3 is 2.86 bits per heavy atom. The van der Waals surface area contributed by atoms with Crippen molar-refractivity contribution in [3.05, 3.63) is 23.3 Å². The van der Waals surface area contributed by atoms with Gasteiger partial charge in [-0.3, -0.25) is 14.9 Å². The summed E-state index contributed by atoms with van der Waals surface area (Å²) in [5.74, 6) is 0. The lowest BCUT2D eigenvalue weighted by atomic mass is 10.1. The van der Waals surface area contributed by atoms with Gasteiger partial charge in [-0.1, -0.05) is 0 Å². The summed E-state index contributed by atoms with van der Waals surface area (Å²) in [6.45, 7) is 8.53. The van der Waals surface area contributed by atoms with Gasteiger partial charge in [-0.15, -0.1) is 0 Å². The second-order valence-corrected chi connectivity index (χ2v) is 4.22. The van der Waals surface area contributed by atoms with E-state index >= 15 is 0 Å². The fraction of sp³-hybridized carbons (Fsp3) is 0.636. The topological polar surface area (TPSA) is 29.0 Å². The first-order valence-electron chi connectivity index (χ1n) is 5.22. The lowest BCUT2D eigenvalue weighted by molar-refractivity contribution is 0.198. The van der Waals surface area contributed by atoms with E-state index < -0.39 is 0 Å². The van der Waals surface area contributed by atoms with Crippen molar-refractivity contribution in [1.29, 1.82) is 0 Å². The Hall–Kier alpha value is -0.960. The van der Waals surface area contributed by atoms with Crippen LogP contribution in [0.2, 0.25) is 0 Å². The van der Waals surface area contributed by atoms with Crippen molar-refractivity contribution in [3.63, 3.8) is 0 Å². The first-order valence-corrected chi connectivity index (χ1v) is 5.22. The van der Waals surface area contributed by atoms with E-state index in [9.17, 15) is 0 Å². The number of nitrogens with zero attached hydrogens (tertiary/aromatic N) is 3. The quantitative estimate of drug-likeness (QED) is 0.674. The minimum Gasteiger partial charge on any atom is -0.295 e. The summed E-state index contributed by atoms with van der Waals surface area (Å²) in [5.41, 5.74) is 3.39. The summed E-state index contributed by atoms with van der Waals surface area (Å²) >= 11 is 0. The van der Waals surface area contributed by atoms with Gasteiger partial charge in [0.1, 0.15) is 0 Å². The Morgan fingerprint density at radius 1 is 1.36 bits per heavy atom. The molecule has 1 aliphatic heterocycles. The highest BCUT2D eigenvalue weighted by atomic mass is 15.2. The molecule has 1 aromatic heterocycles. The van der Waals surface area contributed by atoms with Crippen LogP contribution in [-0.4, -0.2) is 27.5 Å². The molecule has 3 nitrogen and oxygen atoms in total. The fourth-order valence-electron chi connectivity index (χ4n) is 1.85. The first-order chi connectivity index (χ1) is 6.66. The highest BCUT2D eigenvalue weighted by Crippen LogP contribution is 2.16. The maximum Gasteiger partial charge on any atom is 0.0759 e. The molecule has 1 aliphatic rings. The molecule has 2 rings (SSSR count). The van der Waals surface area contributed by atoms with Gasteiger partial charge in [0, 0.05) is 31.7 Å². The van der Waals surface area contributed by atoms with Crippen LogP contribution < -0.4 is 0 Å². The number of rotatable bonds is 1. The standard InChI is InChI=1S/C11H17N3/c1-8(2)14-5-4-10-11(7-14)12-6-9(3)13-10/h6,8H,4-5,7H2,1-3H3. The van der Waals surface area contributed by atoms with Gasteiger partial charge in [0.2, 0.25) is 0 Å². The molecule has 1 aromatic rings. The Morgan fingerprint density at radius 2 is 2.14 bits per heavy atom. The van der Waals surface area contributed by atoms with Crippen molar-refractivity contribution < 1.29 is 0 Å². The van der Waals surface area contributed by atoms with Crippen molar-refractivity contribution in [1.82, 2.24) is 14.9 Å². The molecule has 0 bridgehead atoms. The number of fused-ring (bicyclic) bond motifs is 1. The van der Waals surface area contributed by atoms with Crippen LogP contribution in [0.4, 0.5) is 0 Å². The Labute approximate surface area is 85.2 Å². The van der Waals surface area contributed by atoms with E-state index in [4.69, 9.17) is 0 Å². The fourth-order valence-corrected chi connectivity index (χ4v) is 1.85. The van der Waals surface area contributed by atoms with E-state index in [0.717, 1.165) is 30.9 Å². The van der Waals surface area contributed by atoms with Crippen LogP contribution in [0.1, 0.15) is 30.9 Å². The highest BCUT2D eigenvalue weighted by molar-refractivity contribution is 5.16. The summed E-state index contributed by atoms with van der Waals surface area (Å²) in [5, 5.41) is 0. The molecule has 0 aliphatic carbocycles. The molecule has 0 N–H and O–H groups in total. The second kappa shape index (κ2) is 3.65. The molecular formula is C11H17N3. The zero-order valence-electron chi connectivity index (χ0n) is 9.12. The summed E-state index contributed by atoms with van der Waals surface area (Å²) in [6, 6.07) is 0.603. The van der Waals surface area contributed by atoms with Crippen LogP contribution in [-0.2, 0) is 13.0 Å². The van der Waals surface area contributed by atoms with E-state index in [1.807, 2.05) is 13.1 Å². The molecule has 0 fully saturated rings. The van der Waals surface area contributed by atoms with Gasteiger partial charge in [-0.05, 0) is 20.8 Å². The number of aromatic nitrogens is 2. The largest absolute Gasteiger partial charge is 0.295 e. The lowest BCUT2D eigenvalue weighted by Crippen LogP contribution is -2.36. The predicted octanol–water partition coefficient (Wildman–Crippen LogP) is 1.55. The van der Waals surface area contributed by atoms with Crippen molar-refractivity contribution in [2.24, 2.45) is 0 Å². The number of aryl methyl sites for hydroxylation is 1. The van der Waals surface area contributed by atoms with Crippen LogP contribution >= 0.6 is 0 Å². The minimum absolute atomic E-state index is 0.603. The molecule has 0 atom stereocenters. The summed E-state index contributed by atoms with van der Waals surface area (Å²) in [6.07, 6.45) is 2.91. The van der Waals surface area contributed by atoms with Crippen molar-refractivity contribution >= 4 is 0 Å². The van der Waals surface area contributed by atoms with Crippen molar-refractivity contribution in [3.8, 4) is 0 Å². The van der Waals surface area contributed by atoms with Crippen LogP contribution in [0.15, 0.2) is 6.20 Å². The van der Waals surface area contributed by atoms with E-state index in [2.05, 4.69) is 28.7 Å². The molecule has 0 unspecified atom stereocenters. The van der Waals surface area contributed by atoms with E-state index in [-0.39, 0.29) is 0 Å². The third-order valence-corrected chi connectivity index (χ3v) is 2.77. The SMILES string of the molecule is Cc1cnc2c(n1)CCN(C(C)C)C2. The Kier molecular flexibility index (Phi) is 2.50. The molecule has 0 radical (unpaired) electrons. The summed E-state index contributed by atoms with van der Waals surface area (Å²) in [4.78, 5) is 11.4. The summed E-state index contributed by atoms with van der Waals surface area (Å²) in [7, 11) is 0. The van der Waals surface area contributed by atoms with Gasteiger partial charge in [0.15, 0.2) is 0 Å². The van der Waals surface area contributed by atoms with E-state index in [1.54, 1.807) is 0 Å². The molecule has 0 amide bonds. The third kappa shape index (κ3) is 1.77. The molecular weight excluding hydrogens is 174 g/mol. The van der Waals surface area contributed by atoms with Gasteiger partial charge in [-0.25, -0.2) is 0 Å². The second-order valence-electron chi connectivity index (χ2n) is 4.22. The molecule has 0 saturated carbocycles. The van der Waals surface area contributed by atoms with Crippen molar-refractivity contribution in [2.45, 2.75) is 39.8 Å². The molecule has 14 heavy (non-hydrogen) atoms. The van der Waals surface area contributed by atoms with Crippen LogP contribution in [0.3, 0.4) is 0 Å². The van der Waals surface area contributed by atoms with Gasteiger partial charge in [0.05, 0.1) is 17.1 Å². The Balaban J connectivity index is 2.23. The predicted molar refractivity (Wildman–Crippen MR) is 56.0 cm³/mol. The van der Waals surface area contributed by atoms with Gasteiger partial charge in [-0.2, -0.15) is 0 Å². The smallest absolute Gasteiger partial charge is 0.0759 e. The normalized spacial score (nSPS) is 17.1. The monoisotopic (exact) mass is 191 g/mol.